The highest BCUT2D eigenvalue weighted by Crippen LogP contribution is 2.22. The minimum atomic E-state index is -0.885. The van der Waals surface area contributed by atoms with Crippen molar-refractivity contribution in [3.8, 4) is 0 Å². The SMILES string of the molecule is CN(C(=O)CC1CCNCC1)C1COCC1C(=O)O. The number of ether oxygens (including phenoxy) is 1. The Morgan fingerprint density at radius 3 is 2.63 bits per heavy atom. The molecule has 0 aromatic rings. The summed E-state index contributed by atoms with van der Waals surface area (Å²) in [4.78, 5) is 24.9. The van der Waals surface area contributed by atoms with Gasteiger partial charge in [0.1, 0.15) is 5.92 Å². The molecule has 6 nitrogen and oxygen atoms in total. The van der Waals surface area contributed by atoms with Crippen LogP contribution in [0.1, 0.15) is 19.3 Å². The average molecular weight is 270 g/mol. The summed E-state index contributed by atoms with van der Waals surface area (Å²) in [5, 5.41) is 12.4. The number of nitrogens with zero attached hydrogens (tertiary/aromatic N) is 1. The summed E-state index contributed by atoms with van der Waals surface area (Å²) in [7, 11) is 1.69. The van der Waals surface area contributed by atoms with Gasteiger partial charge in [-0.25, -0.2) is 0 Å². The van der Waals surface area contributed by atoms with E-state index in [1.54, 1.807) is 11.9 Å². The van der Waals surface area contributed by atoms with E-state index in [4.69, 9.17) is 9.84 Å². The predicted molar refractivity (Wildman–Crippen MR) is 68.7 cm³/mol. The van der Waals surface area contributed by atoms with E-state index in [1.165, 1.54) is 0 Å². The number of carbonyl (C=O) groups excluding carboxylic acids is 1. The van der Waals surface area contributed by atoms with Gasteiger partial charge >= 0.3 is 5.97 Å². The number of carboxylic acids is 1. The first-order chi connectivity index (χ1) is 9.09. The van der Waals surface area contributed by atoms with Gasteiger partial charge in [-0.2, -0.15) is 0 Å². The Bertz CT molecular complexity index is 342. The third-order valence-corrected chi connectivity index (χ3v) is 4.18. The summed E-state index contributed by atoms with van der Waals surface area (Å²) < 4.78 is 5.21. The molecule has 2 unspecified atom stereocenters. The van der Waals surface area contributed by atoms with Crippen LogP contribution in [0.3, 0.4) is 0 Å². The Hall–Kier alpha value is -1.14. The summed E-state index contributed by atoms with van der Waals surface area (Å²) in [5.41, 5.74) is 0. The van der Waals surface area contributed by atoms with Gasteiger partial charge in [0.25, 0.3) is 0 Å². The lowest BCUT2D eigenvalue weighted by atomic mass is 9.93. The standard InChI is InChI=1S/C13H22N2O4/c1-15(11-8-19-7-10(11)13(17)18)12(16)6-9-2-4-14-5-3-9/h9-11,14H,2-8H2,1H3,(H,17,18). The van der Waals surface area contributed by atoms with Crippen LogP contribution < -0.4 is 5.32 Å². The Labute approximate surface area is 113 Å². The molecule has 0 bridgehead atoms. The van der Waals surface area contributed by atoms with Crippen LogP contribution >= 0.6 is 0 Å². The van der Waals surface area contributed by atoms with Crippen LogP contribution in [-0.2, 0) is 14.3 Å². The summed E-state index contributed by atoms with van der Waals surface area (Å²) in [6.07, 6.45) is 2.55. The highest BCUT2D eigenvalue weighted by molar-refractivity contribution is 5.78. The number of aliphatic carboxylic acids is 1. The molecule has 2 fully saturated rings. The highest BCUT2D eigenvalue weighted by atomic mass is 16.5. The lowest BCUT2D eigenvalue weighted by molar-refractivity contribution is -0.144. The molecular formula is C13H22N2O4. The van der Waals surface area contributed by atoms with Crippen molar-refractivity contribution < 1.29 is 19.4 Å². The van der Waals surface area contributed by atoms with Crippen molar-refractivity contribution in [1.29, 1.82) is 0 Å². The first-order valence-electron chi connectivity index (χ1n) is 6.86. The Morgan fingerprint density at radius 2 is 2.00 bits per heavy atom. The number of carbonyl (C=O) groups is 2. The van der Waals surface area contributed by atoms with Gasteiger partial charge in [-0.15, -0.1) is 0 Å². The third-order valence-electron chi connectivity index (χ3n) is 4.18. The number of carboxylic acid groups (broad SMARTS) is 1. The van der Waals surface area contributed by atoms with E-state index >= 15 is 0 Å². The molecule has 0 saturated carbocycles. The molecule has 0 aliphatic carbocycles. The molecular weight excluding hydrogens is 248 g/mol. The molecule has 0 aromatic heterocycles. The summed E-state index contributed by atoms with van der Waals surface area (Å²) in [6, 6.07) is -0.327. The number of hydrogen-bond acceptors (Lipinski definition) is 4. The van der Waals surface area contributed by atoms with Crippen molar-refractivity contribution in [3.05, 3.63) is 0 Å². The Kier molecular flexibility index (Phi) is 4.76. The predicted octanol–water partition coefficient (Wildman–Crippen LogP) is -0.0659. The van der Waals surface area contributed by atoms with Crippen molar-refractivity contribution >= 4 is 11.9 Å². The zero-order valence-electron chi connectivity index (χ0n) is 11.3. The second kappa shape index (κ2) is 6.34. The lowest BCUT2D eigenvalue weighted by Gasteiger charge is -2.29. The molecule has 6 heteroatoms. The molecule has 2 rings (SSSR count). The number of piperidine rings is 1. The van der Waals surface area contributed by atoms with Crippen LogP contribution in [0, 0.1) is 11.8 Å². The minimum Gasteiger partial charge on any atom is -0.481 e. The molecule has 2 saturated heterocycles. The maximum absolute atomic E-state index is 12.2. The third kappa shape index (κ3) is 3.45. The van der Waals surface area contributed by atoms with Crippen LogP contribution in [0.15, 0.2) is 0 Å². The molecule has 2 atom stereocenters. The van der Waals surface area contributed by atoms with E-state index in [0.717, 1.165) is 25.9 Å². The van der Waals surface area contributed by atoms with Gasteiger partial charge in [0.15, 0.2) is 0 Å². The summed E-state index contributed by atoms with van der Waals surface area (Å²) in [6.45, 7) is 2.45. The molecule has 0 radical (unpaired) electrons. The molecule has 1 amide bonds. The minimum absolute atomic E-state index is 0.0358. The molecule has 2 aliphatic heterocycles. The zero-order valence-corrected chi connectivity index (χ0v) is 11.3. The molecule has 108 valence electrons. The largest absolute Gasteiger partial charge is 0.481 e. The monoisotopic (exact) mass is 270 g/mol. The van der Waals surface area contributed by atoms with Crippen molar-refractivity contribution in [3.63, 3.8) is 0 Å². The average Bonchev–Trinajstić information content (AvgIpc) is 2.88. The van der Waals surface area contributed by atoms with Gasteiger partial charge in [0, 0.05) is 13.5 Å². The van der Waals surface area contributed by atoms with Crippen LogP contribution in [0.5, 0.6) is 0 Å². The van der Waals surface area contributed by atoms with Crippen LogP contribution in [0.4, 0.5) is 0 Å². The fourth-order valence-corrected chi connectivity index (χ4v) is 2.82. The molecule has 0 spiro atoms. The quantitative estimate of drug-likeness (QED) is 0.748. The van der Waals surface area contributed by atoms with Gasteiger partial charge in [-0.3, -0.25) is 9.59 Å². The molecule has 2 aliphatic rings. The van der Waals surface area contributed by atoms with E-state index in [1.807, 2.05) is 0 Å². The highest BCUT2D eigenvalue weighted by Gasteiger charge is 2.38. The molecule has 0 aromatic carbocycles. The van der Waals surface area contributed by atoms with Gasteiger partial charge < -0.3 is 20.1 Å². The smallest absolute Gasteiger partial charge is 0.311 e. The second-order valence-electron chi connectivity index (χ2n) is 5.45. The van der Waals surface area contributed by atoms with Crippen LogP contribution in [0.2, 0.25) is 0 Å². The Balaban J connectivity index is 1.88. The van der Waals surface area contributed by atoms with E-state index in [-0.39, 0.29) is 18.6 Å². The fraction of sp³-hybridized carbons (Fsp3) is 0.846. The zero-order chi connectivity index (χ0) is 13.8. The van der Waals surface area contributed by atoms with Crippen molar-refractivity contribution in [1.82, 2.24) is 10.2 Å². The molecule has 19 heavy (non-hydrogen) atoms. The fourth-order valence-electron chi connectivity index (χ4n) is 2.82. The molecule has 2 N–H and O–H groups in total. The van der Waals surface area contributed by atoms with E-state index in [2.05, 4.69) is 5.32 Å². The van der Waals surface area contributed by atoms with Crippen LogP contribution in [-0.4, -0.2) is 61.3 Å². The van der Waals surface area contributed by atoms with Gasteiger partial charge in [-0.1, -0.05) is 0 Å². The van der Waals surface area contributed by atoms with Crippen molar-refractivity contribution in [2.45, 2.75) is 25.3 Å². The summed E-state index contributed by atoms with van der Waals surface area (Å²) in [5.74, 6) is -1.03. The van der Waals surface area contributed by atoms with E-state index in [9.17, 15) is 9.59 Å². The van der Waals surface area contributed by atoms with Gasteiger partial charge in [0.2, 0.25) is 5.91 Å². The first kappa shape index (κ1) is 14.3. The van der Waals surface area contributed by atoms with Gasteiger partial charge in [-0.05, 0) is 31.8 Å². The molecule has 2 heterocycles. The maximum Gasteiger partial charge on any atom is 0.311 e. The lowest BCUT2D eigenvalue weighted by Crippen LogP contribution is -2.45. The number of nitrogens with one attached hydrogen (secondary N) is 1. The topological polar surface area (TPSA) is 78.9 Å². The second-order valence-corrected chi connectivity index (χ2v) is 5.45. The number of hydrogen-bond donors (Lipinski definition) is 2. The number of likely N-dealkylation sites (N-methyl/N-ethyl adjacent to an activating group) is 1. The van der Waals surface area contributed by atoms with Crippen molar-refractivity contribution in [2.24, 2.45) is 11.8 Å². The van der Waals surface area contributed by atoms with E-state index < -0.39 is 11.9 Å². The van der Waals surface area contributed by atoms with Crippen LogP contribution in [0.25, 0.3) is 0 Å². The maximum atomic E-state index is 12.2. The number of rotatable bonds is 4. The first-order valence-corrected chi connectivity index (χ1v) is 6.86. The number of amides is 1. The normalized spacial score (nSPS) is 28.3. The van der Waals surface area contributed by atoms with Crippen molar-refractivity contribution in [2.75, 3.05) is 33.4 Å². The Morgan fingerprint density at radius 1 is 1.32 bits per heavy atom. The van der Waals surface area contributed by atoms with E-state index in [0.29, 0.717) is 18.9 Å². The van der Waals surface area contributed by atoms with Gasteiger partial charge in [0.05, 0.1) is 19.3 Å². The summed E-state index contributed by atoms with van der Waals surface area (Å²) >= 11 is 0.